The molecule has 0 saturated carbocycles. The third-order valence-corrected chi connectivity index (χ3v) is 5.02. The Balaban J connectivity index is 1.59. The summed E-state index contributed by atoms with van der Waals surface area (Å²) in [5.41, 5.74) is 5.10. The van der Waals surface area contributed by atoms with E-state index in [1.165, 1.54) is 0 Å². The average molecular weight is 413 g/mol. The van der Waals surface area contributed by atoms with Crippen LogP contribution in [0, 0.1) is 13.8 Å². The Bertz CT molecular complexity index is 1190. The van der Waals surface area contributed by atoms with Crippen molar-refractivity contribution in [3.8, 4) is 11.5 Å². The van der Waals surface area contributed by atoms with Gasteiger partial charge in [0.2, 0.25) is 5.90 Å². The summed E-state index contributed by atoms with van der Waals surface area (Å²) in [5.74, 6) is 1.04. The van der Waals surface area contributed by atoms with Gasteiger partial charge in [-0.05, 0) is 60.9 Å². The van der Waals surface area contributed by atoms with Gasteiger partial charge in [0.1, 0.15) is 6.61 Å². The van der Waals surface area contributed by atoms with Crippen LogP contribution in [0.2, 0.25) is 0 Å². The normalized spacial score (nSPS) is 14.4. The Morgan fingerprint density at radius 2 is 1.81 bits per heavy atom. The molecule has 0 aliphatic carbocycles. The van der Waals surface area contributed by atoms with E-state index in [2.05, 4.69) is 4.99 Å². The van der Waals surface area contributed by atoms with Gasteiger partial charge in [-0.25, -0.2) is 9.79 Å². The van der Waals surface area contributed by atoms with Crippen LogP contribution in [0.4, 0.5) is 0 Å². The highest BCUT2D eigenvalue weighted by molar-refractivity contribution is 6.12. The highest BCUT2D eigenvalue weighted by Gasteiger charge is 2.24. The molecule has 0 atom stereocenters. The van der Waals surface area contributed by atoms with Gasteiger partial charge >= 0.3 is 5.97 Å². The van der Waals surface area contributed by atoms with Crippen LogP contribution in [-0.2, 0) is 16.1 Å². The second kappa shape index (κ2) is 8.88. The first-order valence-corrected chi connectivity index (χ1v) is 9.98. The summed E-state index contributed by atoms with van der Waals surface area (Å²) in [5, 5.41) is 0. The second-order valence-electron chi connectivity index (χ2n) is 7.33. The average Bonchev–Trinajstić information content (AvgIpc) is 3.13. The molecular formula is C26H23NO4. The maximum absolute atomic E-state index is 12.3. The first-order chi connectivity index (χ1) is 15.0. The molecule has 3 aromatic rings. The van der Waals surface area contributed by atoms with Crippen LogP contribution in [0.3, 0.4) is 0 Å². The number of cyclic esters (lactones) is 1. The summed E-state index contributed by atoms with van der Waals surface area (Å²) in [6, 6.07) is 21.2. The molecule has 1 heterocycles. The number of hydrogen-bond donors (Lipinski definition) is 0. The van der Waals surface area contributed by atoms with Crippen LogP contribution in [0.25, 0.3) is 6.08 Å². The summed E-state index contributed by atoms with van der Waals surface area (Å²) < 4.78 is 16.8. The predicted molar refractivity (Wildman–Crippen MR) is 120 cm³/mol. The highest BCUT2D eigenvalue weighted by Crippen LogP contribution is 2.31. The highest BCUT2D eigenvalue weighted by atomic mass is 16.6. The molecule has 0 radical (unpaired) electrons. The van der Waals surface area contributed by atoms with E-state index in [4.69, 9.17) is 14.2 Å². The lowest BCUT2D eigenvalue weighted by atomic mass is 10.1. The number of ether oxygens (including phenoxy) is 3. The van der Waals surface area contributed by atoms with Crippen LogP contribution < -0.4 is 9.47 Å². The minimum atomic E-state index is -0.477. The van der Waals surface area contributed by atoms with Crippen LogP contribution in [0.15, 0.2) is 77.4 Å². The summed E-state index contributed by atoms with van der Waals surface area (Å²) >= 11 is 0. The quantitative estimate of drug-likeness (QED) is 0.410. The maximum atomic E-state index is 12.3. The summed E-state index contributed by atoms with van der Waals surface area (Å²) in [6.45, 7) is 4.44. The standard InChI is InChI=1S/C26H23NO4/c1-17-7-6-10-20(13-17)25-27-22(26(28)31-25)14-19-11-12-23(29-3)24(15-19)30-16-21-9-5-4-8-18(21)2/h4-15H,16H2,1-3H3. The van der Waals surface area contributed by atoms with E-state index < -0.39 is 5.97 Å². The fourth-order valence-corrected chi connectivity index (χ4v) is 3.29. The third-order valence-electron chi connectivity index (χ3n) is 5.02. The van der Waals surface area contributed by atoms with Gasteiger partial charge in [-0.2, -0.15) is 0 Å². The van der Waals surface area contributed by atoms with Crippen LogP contribution in [0.1, 0.15) is 27.8 Å². The molecule has 156 valence electrons. The zero-order valence-corrected chi connectivity index (χ0v) is 17.7. The topological polar surface area (TPSA) is 57.1 Å². The van der Waals surface area contributed by atoms with Crippen LogP contribution in [-0.4, -0.2) is 19.0 Å². The van der Waals surface area contributed by atoms with Gasteiger partial charge in [0.05, 0.1) is 7.11 Å². The van der Waals surface area contributed by atoms with Gasteiger partial charge in [0, 0.05) is 5.56 Å². The molecule has 0 N–H and O–H groups in total. The number of rotatable bonds is 6. The molecule has 0 amide bonds. The Morgan fingerprint density at radius 3 is 2.58 bits per heavy atom. The van der Waals surface area contributed by atoms with E-state index in [0.29, 0.717) is 24.0 Å². The van der Waals surface area contributed by atoms with Crippen LogP contribution >= 0.6 is 0 Å². The van der Waals surface area contributed by atoms with E-state index in [-0.39, 0.29) is 5.70 Å². The number of aryl methyl sites for hydroxylation is 2. The van der Waals surface area contributed by atoms with Crippen molar-refractivity contribution in [3.05, 3.63) is 100 Å². The monoisotopic (exact) mass is 413 g/mol. The van der Waals surface area contributed by atoms with E-state index >= 15 is 0 Å². The second-order valence-corrected chi connectivity index (χ2v) is 7.33. The van der Waals surface area contributed by atoms with Crippen molar-refractivity contribution >= 4 is 17.9 Å². The molecule has 1 aliphatic rings. The summed E-state index contributed by atoms with van der Waals surface area (Å²) in [6.07, 6.45) is 1.69. The molecule has 3 aromatic carbocycles. The largest absolute Gasteiger partial charge is 0.493 e. The molecular weight excluding hydrogens is 390 g/mol. The Morgan fingerprint density at radius 1 is 0.968 bits per heavy atom. The number of methoxy groups -OCH3 is 1. The molecule has 1 aliphatic heterocycles. The number of carbonyl (C=O) groups excluding carboxylic acids is 1. The van der Waals surface area contributed by atoms with Gasteiger partial charge in [-0.1, -0.05) is 48.0 Å². The van der Waals surface area contributed by atoms with Gasteiger partial charge in [-0.15, -0.1) is 0 Å². The van der Waals surface area contributed by atoms with E-state index in [1.54, 1.807) is 13.2 Å². The number of esters is 1. The Kier molecular flexibility index (Phi) is 5.85. The number of carbonyl (C=O) groups is 1. The third kappa shape index (κ3) is 4.67. The molecule has 31 heavy (non-hydrogen) atoms. The number of nitrogens with zero attached hydrogens (tertiary/aromatic N) is 1. The van der Waals surface area contributed by atoms with Crippen molar-refractivity contribution in [3.63, 3.8) is 0 Å². The molecule has 0 saturated heterocycles. The number of aliphatic imine (C=N–C) groups is 1. The molecule has 0 spiro atoms. The molecule has 5 nitrogen and oxygen atoms in total. The van der Waals surface area contributed by atoms with Crippen molar-refractivity contribution in [2.24, 2.45) is 4.99 Å². The SMILES string of the molecule is COc1ccc(C=C2N=C(c3cccc(C)c3)OC2=O)cc1OCc1ccccc1C. The minimum absolute atomic E-state index is 0.242. The molecule has 0 unspecified atom stereocenters. The maximum Gasteiger partial charge on any atom is 0.363 e. The smallest absolute Gasteiger partial charge is 0.363 e. The fourth-order valence-electron chi connectivity index (χ4n) is 3.29. The van der Waals surface area contributed by atoms with Crippen molar-refractivity contribution in [2.45, 2.75) is 20.5 Å². The van der Waals surface area contributed by atoms with Gasteiger partial charge in [0.15, 0.2) is 17.2 Å². The van der Waals surface area contributed by atoms with Gasteiger partial charge in [-0.3, -0.25) is 0 Å². The summed E-state index contributed by atoms with van der Waals surface area (Å²) in [4.78, 5) is 16.7. The first-order valence-electron chi connectivity index (χ1n) is 9.98. The Hall–Kier alpha value is -3.86. The lowest BCUT2D eigenvalue weighted by molar-refractivity contribution is -0.129. The van der Waals surface area contributed by atoms with Crippen molar-refractivity contribution < 1.29 is 19.0 Å². The zero-order valence-electron chi connectivity index (χ0n) is 17.7. The Labute approximate surface area is 181 Å². The van der Waals surface area contributed by atoms with Crippen molar-refractivity contribution in [1.82, 2.24) is 0 Å². The molecule has 5 heteroatoms. The van der Waals surface area contributed by atoms with E-state index in [1.807, 2.05) is 80.6 Å². The molecule has 4 rings (SSSR count). The van der Waals surface area contributed by atoms with Crippen LogP contribution in [0.5, 0.6) is 11.5 Å². The number of benzene rings is 3. The molecule has 0 bridgehead atoms. The van der Waals surface area contributed by atoms with Crippen molar-refractivity contribution in [2.75, 3.05) is 7.11 Å². The lowest BCUT2D eigenvalue weighted by Gasteiger charge is -2.12. The van der Waals surface area contributed by atoms with E-state index in [9.17, 15) is 4.79 Å². The molecule has 0 fully saturated rings. The lowest BCUT2D eigenvalue weighted by Crippen LogP contribution is -2.05. The van der Waals surface area contributed by atoms with Gasteiger partial charge in [0.25, 0.3) is 0 Å². The number of hydrogen-bond acceptors (Lipinski definition) is 5. The fraction of sp³-hybridized carbons (Fsp3) is 0.154. The zero-order chi connectivity index (χ0) is 21.8. The first kappa shape index (κ1) is 20.4. The van der Waals surface area contributed by atoms with E-state index in [0.717, 1.165) is 27.8 Å². The summed E-state index contributed by atoms with van der Waals surface area (Å²) in [7, 11) is 1.60. The predicted octanol–water partition coefficient (Wildman–Crippen LogP) is 5.24. The minimum Gasteiger partial charge on any atom is -0.493 e. The van der Waals surface area contributed by atoms with Crippen molar-refractivity contribution in [1.29, 1.82) is 0 Å². The molecule has 0 aromatic heterocycles. The van der Waals surface area contributed by atoms with Gasteiger partial charge < -0.3 is 14.2 Å².